The predicted molar refractivity (Wildman–Crippen MR) is 101 cm³/mol. The Bertz CT molecular complexity index is 641. The second-order valence-electron chi connectivity index (χ2n) is 7.25. The van der Waals surface area contributed by atoms with Gasteiger partial charge < -0.3 is 16.0 Å². The molecule has 0 bridgehead atoms. The topological polar surface area (TPSA) is 70.7 Å². The Kier molecular flexibility index (Phi) is 5.95. The summed E-state index contributed by atoms with van der Waals surface area (Å²) in [6.45, 7) is 5.49. The summed E-state index contributed by atoms with van der Waals surface area (Å²) < 4.78 is 0. The molecule has 1 aliphatic heterocycles. The molecule has 1 atom stereocenters. The monoisotopic (exact) mass is 342 g/mol. The molecule has 25 heavy (non-hydrogen) atoms. The highest BCUT2D eigenvalue weighted by atomic mass is 16.1. The maximum Gasteiger partial charge on any atom is 0.217 e. The van der Waals surface area contributed by atoms with Gasteiger partial charge in [-0.3, -0.25) is 4.79 Å². The molecule has 1 aromatic carbocycles. The minimum absolute atomic E-state index is 0.202. The number of rotatable bonds is 5. The summed E-state index contributed by atoms with van der Waals surface area (Å²) in [4.78, 5) is 18.4. The van der Waals surface area contributed by atoms with Gasteiger partial charge in [0.25, 0.3) is 0 Å². The van der Waals surface area contributed by atoms with Crippen molar-refractivity contribution in [2.75, 3.05) is 19.6 Å². The number of likely N-dealkylation sites (tertiary alicyclic amines) is 1. The lowest BCUT2D eigenvalue weighted by atomic mass is 9.95. The molecule has 1 aliphatic carbocycles. The SMILES string of the molecule is CCNC(=NCc1ccc2c(c1)CCC2)N1CCCC(CC(N)=O)C1. The first kappa shape index (κ1) is 17.8. The fraction of sp³-hybridized carbons (Fsp3) is 0.600. The van der Waals surface area contributed by atoms with Gasteiger partial charge in [0.05, 0.1) is 6.54 Å². The number of hydrogen-bond acceptors (Lipinski definition) is 2. The number of carbonyl (C=O) groups excluding carboxylic acids is 1. The molecule has 0 radical (unpaired) electrons. The largest absolute Gasteiger partial charge is 0.370 e. The van der Waals surface area contributed by atoms with E-state index in [1.807, 2.05) is 0 Å². The molecule has 0 spiro atoms. The molecular weight excluding hydrogens is 312 g/mol. The van der Waals surface area contributed by atoms with Gasteiger partial charge in [0.2, 0.25) is 5.91 Å². The zero-order valence-electron chi connectivity index (χ0n) is 15.3. The number of aliphatic imine (C=N–C) groups is 1. The first-order chi connectivity index (χ1) is 12.2. The van der Waals surface area contributed by atoms with Crippen LogP contribution in [0.15, 0.2) is 23.2 Å². The predicted octanol–water partition coefficient (Wildman–Crippen LogP) is 2.23. The number of primary amides is 1. The number of piperidine rings is 1. The summed E-state index contributed by atoms with van der Waals surface area (Å²) in [5.41, 5.74) is 9.66. The fourth-order valence-electron chi connectivity index (χ4n) is 4.02. The Hall–Kier alpha value is -2.04. The van der Waals surface area contributed by atoms with Crippen molar-refractivity contribution in [2.24, 2.45) is 16.6 Å². The van der Waals surface area contributed by atoms with Crippen molar-refractivity contribution >= 4 is 11.9 Å². The number of amides is 1. The van der Waals surface area contributed by atoms with E-state index in [2.05, 4.69) is 35.3 Å². The molecule has 1 heterocycles. The summed E-state index contributed by atoms with van der Waals surface area (Å²) in [5.74, 6) is 1.10. The molecule has 3 rings (SSSR count). The summed E-state index contributed by atoms with van der Waals surface area (Å²) >= 11 is 0. The van der Waals surface area contributed by atoms with Crippen LogP contribution in [-0.4, -0.2) is 36.4 Å². The number of hydrogen-bond donors (Lipinski definition) is 2. The Labute approximate surface area is 150 Å². The van der Waals surface area contributed by atoms with Gasteiger partial charge in [-0.1, -0.05) is 18.2 Å². The molecule has 1 unspecified atom stereocenters. The van der Waals surface area contributed by atoms with E-state index in [-0.39, 0.29) is 5.91 Å². The summed E-state index contributed by atoms with van der Waals surface area (Å²) in [7, 11) is 0. The Balaban J connectivity index is 1.67. The van der Waals surface area contributed by atoms with Crippen molar-refractivity contribution in [3.05, 3.63) is 34.9 Å². The minimum Gasteiger partial charge on any atom is -0.370 e. The molecule has 5 nitrogen and oxygen atoms in total. The van der Waals surface area contributed by atoms with Crippen LogP contribution in [0, 0.1) is 5.92 Å². The Morgan fingerprint density at radius 1 is 1.32 bits per heavy atom. The average Bonchev–Trinajstić information content (AvgIpc) is 3.06. The zero-order valence-corrected chi connectivity index (χ0v) is 15.3. The highest BCUT2D eigenvalue weighted by Crippen LogP contribution is 2.23. The molecule has 0 saturated carbocycles. The van der Waals surface area contributed by atoms with Crippen LogP contribution in [0.1, 0.15) is 49.3 Å². The van der Waals surface area contributed by atoms with E-state index in [4.69, 9.17) is 10.7 Å². The summed E-state index contributed by atoms with van der Waals surface area (Å²) in [5, 5.41) is 3.41. The van der Waals surface area contributed by atoms with Gasteiger partial charge >= 0.3 is 0 Å². The van der Waals surface area contributed by atoms with E-state index in [1.54, 1.807) is 0 Å². The van der Waals surface area contributed by atoms with Crippen molar-refractivity contribution in [1.29, 1.82) is 0 Å². The third-order valence-corrected chi connectivity index (χ3v) is 5.22. The normalized spacial score (nSPS) is 20.4. The lowest BCUT2D eigenvalue weighted by Gasteiger charge is -2.34. The Morgan fingerprint density at radius 2 is 2.16 bits per heavy atom. The van der Waals surface area contributed by atoms with Crippen molar-refractivity contribution in [3.8, 4) is 0 Å². The van der Waals surface area contributed by atoms with Gasteiger partial charge in [-0.05, 0) is 61.6 Å². The van der Waals surface area contributed by atoms with Crippen LogP contribution in [0.4, 0.5) is 0 Å². The van der Waals surface area contributed by atoms with Crippen LogP contribution in [-0.2, 0) is 24.2 Å². The number of nitrogens with one attached hydrogen (secondary N) is 1. The molecular formula is C20H30N4O. The second kappa shape index (κ2) is 8.37. The molecule has 3 N–H and O–H groups in total. The van der Waals surface area contributed by atoms with Gasteiger partial charge in [0, 0.05) is 26.1 Å². The van der Waals surface area contributed by atoms with E-state index in [9.17, 15) is 4.79 Å². The fourth-order valence-corrected chi connectivity index (χ4v) is 4.02. The van der Waals surface area contributed by atoms with Crippen LogP contribution in [0.25, 0.3) is 0 Å². The van der Waals surface area contributed by atoms with E-state index in [0.717, 1.165) is 38.4 Å². The molecule has 1 fully saturated rings. The Morgan fingerprint density at radius 3 is 2.96 bits per heavy atom. The number of guanidine groups is 1. The summed E-state index contributed by atoms with van der Waals surface area (Å²) in [6.07, 6.45) is 6.33. The number of fused-ring (bicyclic) bond motifs is 1. The van der Waals surface area contributed by atoms with E-state index >= 15 is 0 Å². The zero-order chi connectivity index (χ0) is 17.6. The van der Waals surface area contributed by atoms with Gasteiger partial charge in [-0.2, -0.15) is 0 Å². The van der Waals surface area contributed by atoms with Crippen molar-refractivity contribution in [3.63, 3.8) is 0 Å². The van der Waals surface area contributed by atoms with Gasteiger partial charge in [0.1, 0.15) is 0 Å². The molecule has 2 aliphatic rings. The van der Waals surface area contributed by atoms with E-state index in [1.165, 1.54) is 36.0 Å². The van der Waals surface area contributed by atoms with Crippen molar-refractivity contribution in [1.82, 2.24) is 10.2 Å². The van der Waals surface area contributed by atoms with Crippen LogP contribution in [0.2, 0.25) is 0 Å². The molecule has 1 amide bonds. The third-order valence-electron chi connectivity index (χ3n) is 5.22. The number of aryl methyl sites for hydroxylation is 2. The number of benzene rings is 1. The number of nitrogens with zero attached hydrogens (tertiary/aromatic N) is 2. The van der Waals surface area contributed by atoms with E-state index in [0.29, 0.717) is 18.9 Å². The van der Waals surface area contributed by atoms with Gasteiger partial charge in [0.15, 0.2) is 5.96 Å². The quantitative estimate of drug-likeness (QED) is 0.637. The van der Waals surface area contributed by atoms with Crippen LogP contribution >= 0.6 is 0 Å². The van der Waals surface area contributed by atoms with E-state index < -0.39 is 0 Å². The highest BCUT2D eigenvalue weighted by Gasteiger charge is 2.23. The second-order valence-corrected chi connectivity index (χ2v) is 7.25. The summed E-state index contributed by atoms with van der Waals surface area (Å²) in [6, 6.07) is 6.80. The molecule has 0 aromatic heterocycles. The number of nitrogens with two attached hydrogens (primary N) is 1. The smallest absolute Gasteiger partial charge is 0.217 e. The molecule has 1 saturated heterocycles. The molecule has 5 heteroatoms. The van der Waals surface area contributed by atoms with Crippen LogP contribution in [0.5, 0.6) is 0 Å². The highest BCUT2D eigenvalue weighted by molar-refractivity contribution is 5.80. The van der Waals surface area contributed by atoms with Crippen LogP contribution < -0.4 is 11.1 Å². The first-order valence-electron chi connectivity index (χ1n) is 9.58. The average molecular weight is 342 g/mol. The van der Waals surface area contributed by atoms with Crippen molar-refractivity contribution in [2.45, 2.75) is 52.0 Å². The van der Waals surface area contributed by atoms with Crippen LogP contribution in [0.3, 0.4) is 0 Å². The lowest BCUT2D eigenvalue weighted by Crippen LogP contribution is -2.47. The third kappa shape index (κ3) is 4.74. The first-order valence-corrected chi connectivity index (χ1v) is 9.58. The molecule has 1 aromatic rings. The lowest BCUT2D eigenvalue weighted by molar-refractivity contribution is -0.119. The van der Waals surface area contributed by atoms with Gasteiger partial charge in [-0.15, -0.1) is 0 Å². The number of carbonyl (C=O) groups is 1. The van der Waals surface area contributed by atoms with Gasteiger partial charge in [-0.25, -0.2) is 4.99 Å². The van der Waals surface area contributed by atoms with Crippen molar-refractivity contribution < 1.29 is 4.79 Å². The maximum atomic E-state index is 11.2. The maximum absolute atomic E-state index is 11.2. The standard InChI is InChI=1S/C20H30N4O/c1-2-22-20(24-10-4-5-16(14-24)12-19(21)25)23-13-15-8-9-17-6-3-7-18(17)11-15/h8-9,11,16H,2-7,10,12-14H2,1H3,(H2,21,25)(H,22,23). The molecule has 136 valence electrons. The minimum atomic E-state index is -0.202.